The van der Waals surface area contributed by atoms with E-state index in [0.717, 1.165) is 12.1 Å². The summed E-state index contributed by atoms with van der Waals surface area (Å²) in [6, 6.07) is 12.4. The van der Waals surface area contributed by atoms with Gasteiger partial charge in [0.15, 0.2) is 17.3 Å². The number of hydrogen-bond donors (Lipinski definition) is 1. The number of hydrogen-bond acceptors (Lipinski definition) is 5. The molecule has 0 radical (unpaired) electrons. The second-order valence-corrected chi connectivity index (χ2v) is 7.47. The lowest BCUT2D eigenvalue weighted by Gasteiger charge is -2.21. The molecule has 10 heteroatoms. The maximum absolute atomic E-state index is 13.0. The van der Waals surface area contributed by atoms with Gasteiger partial charge in [-0.2, -0.15) is 13.2 Å². The third-order valence-corrected chi connectivity index (χ3v) is 5.12. The molecule has 2 aromatic carbocycles. The van der Waals surface area contributed by atoms with E-state index in [9.17, 15) is 22.8 Å². The highest BCUT2D eigenvalue weighted by Crippen LogP contribution is 2.33. The lowest BCUT2D eigenvalue weighted by atomic mass is 10.1. The number of amides is 2. The Morgan fingerprint density at radius 3 is 2.50 bits per heavy atom. The summed E-state index contributed by atoms with van der Waals surface area (Å²) in [7, 11) is 0. The highest BCUT2D eigenvalue weighted by atomic mass is 19.4. The summed E-state index contributed by atoms with van der Waals surface area (Å²) in [5, 5.41) is 2.71. The third kappa shape index (κ3) is 5.16. The highest BCUT2D eigenvalue weighted by Gasteiger charge is 2.31. The molecule has 0 aliphatic carbocycles. The number of ether oxygens (including phenoxy) is 2. The number of nitrogens with one attached hydrogen (secondary N) is 1. The maximum atomic E-state index is 13.0. The minimum absolute atomic E-state index is 0.0820. The molecule has 1 aliphatic rings. The molecule has 0 fully saturated rings. The molecular formula is C24H21F3N2O5. The lowest BCUT2D eigenvalue weighted by molar-refractivity contribution is -0.137. The second-order valence-electron chi connectivity index (χ2n) is 7.47. The van der Waals surface area contributed by atoms with Crippen LogP contribution in [0.1, 0.15) is 23.0 Å². The molecular weight excluding hydrogens is 453 g/mol. The second kappa shape index (κ2) is 9.50. The predicted octanol–water partition coefficient (Wildman–Crippen LogP) is 4.84. The number of fused-ring (bicyclic) bond motifs is 1. The van der Waals surface area contributed by atoms with Crippen LogP contribution in [0.3, 0.4) is 0 Å². The van der Waals surface area contributed by atoms with E-state index < -0.39 is 23.6 Å². The Morgan fingerprint density at radius 2 is 1.76 bits per heavy atom. The van der Waals surface area contributed by atoms with E-state index in [-0.39, 0.29) is 30.2 Å². The number of halogens is 3. The van der Waals surface area contributed by atoms with Crippen LogP contribution >= 0.6 is 0 Å². The van der Waals surface area contributed by atoms with Crippen LogP contribution in [-0.4, -0.2) is 43.0 Å². The molecule has 7 nitrogen and oxygen atoms in total. The van der Waals surface area contributed by atoms with Crippen LogP contribution in [0, 0.1) is 0 Å². The van der Waals surface area contributed by atoms with Crippen molar-refractivity contribution in [3.8, 4) is 22.8 Å². The van der Waals surface area contributed by atoms with E-state index in [2.05, 4.69) is 5.32 Å². The quantitative estimate of drug-likeness (QED) is 0.553. The van der Waals surface area contributed by atoms with E-state index in [0.29, 0.717) is 30.4 Å². The summed E-state index contributed by atoms with van der Waals surface area (Å²) in [6.07, 6.45) is -4.50. The van der Waals surface area contributed by atoms with Gasteiger partial charge >= 0.3 is 6.18 Å². The van der Waals surface area contributed by atoms with Crippen LogP contribution in [0.5, 0.6) is 11.5 Å². The summed E-state index contributed by atoms with van der Waals surface area (Å²) < 4.78 is 55.4. The van der Waals surface area contributed by atoms with E-state index in [1.807, 2.05) is 0 Å². The summed E-state index contributed by atoms with van der Waals surface area (Å²) in [5.41, 5.74) is -0.142. The van der Waals surface area contributed by atoms with Gasteiger partial charge in [-0.15, -0.1) is 0 Å². The monoisotopic (exact) mass is 474 g/mol. The van der Waals surface area contributed by atoms with Gasteiger partial charge in [0.25, 0.3) is 5.91 Å². The fourth-order valence-electron chi connectivity index (χ4n) is 3.43. The number of furan rings is 1. The van der Waals surface area contributed by atoms with Gasteiger partial charge in [-0.3, -0.25) is 9.59 Å². The summed E-state index contributed by atoms with van der Waals surface area (Å²) in [4.78, 5) is 26.7. The van der Waals surface area contributed by atoms with Gasteiger partial charge in [0.2, 0.25) is 5.91 Å². The Balaban J connectivity index is 1.43. The minimum Gasteiger partial charge on any atom is -0.486 e. The Labute approximate surface area is 193 Å². The zero-order chi connectivity index (χ0) is 24.3. The molecule has 0 saturated carbocycles. The smallest absolute Gasteiger partial charge is 0.416 e. The van der Waals surface area contributed by atoms with Gasteiger partial charge in [0, 0.05) is 23.9 Å². The average Bonchev–Trinajstić information content (AvgIpc) is 3.32. The van der Waals surface area contributed by atoms with Gasteiger partial charge in [-0.1, -0.05) is 12.1 Å². The number of alkyl halides is 3. The first-order valence-electron chi connectivity index (χ1n) is 10.5. The number of anilines is 1. The van der Waals surface area contributed by atoms with Gasteiger partial charge in [-0.25, -0.2) is 0 Å². The number of nitrogens with zero attached hydrogens (tertiary/aromatic N) is 1. The summed E-state index contributed by atoms with van der Waals surface area (Å²) in [5.74, 6) is 0.149. The predicted molar refractivity (Wildman–Crippen MR) is 117 cm³/mol. The Hall–Kier alpha value is -3.95. The van der Waals surface area contributed by atoms with E-state index >= 15 is 0 Å². The third-order valence-electron chi connectivity index (χ3n) is 5.12. The molecule has 0 spiro atoms. The topological polar surface area (TPSA) is 81.0 Å². The van der Waals surface area contributed by atoms with Crippen LogP contribution in [0.2, 0.25) is 0 Å². The first kappa shape index (κ1) is 23.2. The van der Waals surface area contributed by atoms with Crippen LogP contribution in [0.15, 0.2) is 59.0 Å². The van der Waals surface area contributed by atoms with Crippen molar-refractivity contribution >= 4 is 17.5 Å². The fourth-order valence-corrected chi connectivity index (χ4v) is 3.43. The largest absolute Gasteiger partial charge is 0.486 e. The molecule has 0 saturated heterocycles. The molecule has 0 atom stereocenters. The molecule has 0 unspecified atom stereocenters. The average molecular weight is 474 g/mol. The molecule has 2 amide bonds. The van der Waals surface area contributed by atoms with Crippen molar-refractivity contribution < 1.29 is 36.7 Å². The van der Waals surface area contributed by atoms with Crippen LogP contribution in [0.25, 0.3) is 11.3 Å². The van der Waals surface area contributed by atoms with E-state index in [1.165, 1.54) is 29.2 Å². The van der Waals surface area contributed by atoms with E-state index in [4.69, 9.17) is 13.9 Å². The van der Waals surface area contributed by atoms with Crippen molar-refractivity contribution in [3.05, 3.63) is 65.9 Å². The Kier molecular flexibility index (Phi) is 6.49. The van der Waals surface area contributed by atoms with Crippen LogP contribution in [-0.2, 0) is 11.0 Å². The van der Waals surface area contributed by atoms with Crippen LogP contribution in [0.4, 0.5) is 18.9 Å². The van der Waals surface area contributed by atoms with Gasteiger partial charge < -0.3 is 24.1 Å². The normalized spacial score (nSPS) is 12.8. The number of likely N-dealkylation sites (N-methyl/N-ethyl adjacent to an activating group) is 1. The van der Waals surface area contributed by atoms with Crippen molar-refractivity contribution in [2.24, 2.45) is 0 Å². The fraction of sp³-hybridized carbons (Fsp3) is 0.250. The zero-order valence-corrected chi connectivity index (χ0v) is 18.1. The molecule has 1 N–H and O–H groups in total. The molecule has 34 heavy (non-hydrogen) atoms. The Morgan fingerprint density at radius 1 is 1.00 bits per heavy atom. The summed E-state index contributed by atoms with van der Waals surface area (Å²) >= 11 is 0. The lowest BCUT2D eigenvalue weighted by Crippen LogP contribution is -2.37. The Bertz CT molecular complexity index is 1210. The van der Waals surface area contributed by atoms with Crippen molar-refractivity contribution in [1.29, 1.82) is 0 Å². The number of rotatable bonds is 6. The molecule has 1 aliphatic heterocycles. The minimum atomic E-state index is -4.50. The van der Waals surface area contributed by atoms with Gasteiger partial charge in [-0.05, 0) is 43.3 Å². The summed E-state index contributed by atoms with van der Waals surface area (Å²) in [6.45, 7) is 2.53. The first-order valence-corrected chi connectivity index (χ1v) is 10.5. The standard InChI is InChI=1S/C24H21F3N2O5/c1-2-29(14-22(30)28-17-6-7-19-21(13-17)33-11-10-32-19)23(31)20-9-8-18(34-20)15-4-3-5-16(12-15)24(25,26)27/h3-9,12-13H,2,10-11,14H2,1H3,(H,28,30). The van der Waals surface area contributed by atoms with Crippen molar-refractivity contribution in [1.82, 2.24) is 4.90 Å². The number of benzene rings is 2. The highest BCUT2D eigenvalue weighted by molar-refractivity contribution is 5.98. The molecule has 3 aromatic rings. The SMILES string of the molecule is CCN(CC(=O)Nc1ccc2c(c1)OCCO2)C(=O)c1ccc(-c2cccc(C(F)(F)F)c2)o1. The van der Waals surface area contributed by atoms with Crippen LogP contribution < -0.4 is 14.8 Å². The van der Waals surface area contributed by atoms with Gasteiger partial charge in [0.1, 0.15) is 25.5 Å². The van der Waals surface area contributed by atoms with Gasteiger partial charge in [0.05, 0.1) is 5.56 Å². The molecule has 178 valence electrons. The van der Waals surface area contributed by atoms with E-state index in [1.54, 1.807) is 25.1 Å². The molecule has 2 heterocycles. The first-order chi connectivity index (χ1) is 16.2. The maximum Gasteiger partial charge on any atom is 0.416 e. The molecule has 4 rings (SSSR count). The van der Waals surface area contributed by atoms with Crippen molar-refractivity contribution in [2.45, 2.75) is 13.1 Å². The number of carbonyl (C=O) groups excluding carboxylic acids is 2. The van der Waals surface area contributed by atoms with Crippen molar-refractivity contribution in [2.75, 3.05) is 31.6 Å². The molecule has 1 aromatic heterocycles. The van der Waals surface area contributed by atoms with Crippen molar-refractivity contribution in [3.63, 3.8) is 0 Å². The molecule has 0 bridgehead atoms. The number of carbonyl (C=O) groups is 2. The zero-order valence-electron chi connectivity index (χ0n) is 18.1.